The summed E-state index contributed by atoms with van der Waals surface area (Å²) in [7, 11) is 0. The summed E-state index contributed by atoms with van der Waals surface area (Å²) >= 11 is 1.61. The van der Waals surface area contributed by atoms with Gasteiger partial charge in [-0.15, -0.1) is 11.8 Å². The lowest BCUT2D eigenvalue weighted by Crippen LogP contribution is -2.34. The largest absolute Gasteiger partial charge is 0.353 e. The molecule has 18 heavy (non-hydrogen) atoms. The van der Waals surface area contributed by atoms with Crippen LogP contribution in [0.2, 0.25) is 0 Å². The molecule has 1 aliphatic carbocycles. The van der Waals surface area contributed by atoms with Crippen LogP contribution in [0, 0.1) is 12.8 Å². The number of hydrogen-bond donors (Lipinski definition) is 1. The number of rotatable bonds is 4. The van der Waals surface area contributed by atoms with Crippen LogP contribution in [0.4, 0.5) is 0 Å². The monoisotopic (exact) mass is 263 g/mol. The minimum Gasteiger partial charge on any atom is -0.353 e. The zero-order valence-corrected chi connectivity index (χ0v) is 11.9. The normalized spacial score (nSPS) is 23.0. The Kier molecular flexibility index (Phi) is 4.70. The predicted octanol–water partition coefficient (Wildman–Crippen LogP) is 3.39. The van der Waals surface area contributed by atoms with Gasteiger partial charge in [0, 0.05) is 10.9 Å². The van der Waals surface area contributed by atoms with E-state index in [0.717, 1.165) is 23.7 Å². The topological polar surface area (TPSA) is 29.1 Å². The molecule has 1 aliphatic rings. The summed E-state index contributed by atoms with van der Waals surface area (Å²) in [5, 5.41) is 3.13. The fourth-order valence-corrected chi connectivity index (χ4v) is 3.10. The predicted molar refractivity (Wildman–Crippen MR) is 76.8 cm³/mol. The van der Waals surface area contributed by atoms with Crippen LogP contribution >= 0.6 is 11.8 Å². The standard InChI is InChI=1S/C15H21NOS/c1-11-4-7-14(8-5-11)18-10-15(17)16-13-6-3-12(2)9-13/h4-5,7-8,12-13H,3,6,9-10H2,1-2H3,(H,16,17). The zero-order chi connectivity index (χ0) is 13.0. The molecule has 0 spiro atoms. The SMILES string of the molecule is Cc1ccc(SCC(=O)NC2CCC(C)C2)cc1. The number of carbonyl (C=O) groups excluding carboxylic acids is 1. The van der Waals surface area contributed by atoms with Gasteiger partial charge in [0.2, 0.25) is 5.91 Å². The summed E-state index contributed by atoms with van der Waals surface area (Å²) in [6.45, 7) is 4.33. The number of benzene rings is 1. The van der Waals surface area contributed by atoms with E-state index in [1.165, 1.54) is 12.0 Å². The summed E-state index contributed by atoms with van der Waals surface area (Å²) in [5.74, 6) is 1.45. The van der Waals surface area contributed by atoms with E-state index in [1.54, 1.807) is 11.8 Å². The van der Waals surface area contributed by atoms with Crippen LogP contribution in [0.25, 0.3) is 0 Å². The van der Waals surface area contributed by atoms with E-state index >= 15 is 0 Å². The van der Waals surface area contributed by atoms with E-state index in [4.69, 9.17) is 0 Å². The second kappa shape index (κ2) is 6.28. The molecule has 1 N–H and O–H groups in total. The van der Waals surface area contributed by atoms with Gasteiger partial charge in [0.05, 0.1) is 5.75 Å². The molecule has 0 bridgehead atoms. The molecule has 2 atom stereocenters. The van der Waals surface area contributed by atoms with Crippen molar-refractivity contribution < 1.29 is 4.79 Å². The first-order valence-corrected chi connectivity index (χ1v) is 7.61. The molecule has 0 aromatic heterocycles. The smallest absolute Gasteiger partial charge is 0.230 e. The summed E-state index contributed by atoms with van der Waals surface area (Å²) in [6, 6.07) is 8.72. The molecule has 0 aliphatic heterocycles. The highest BCUT2D eigenvalue weighted by molar-refractivity contribution is 8.00. The van der Waals surface area contributed by atoms with E-state index < -0.39 is 0 Å². The Morgan fingerprint density at radius 2 is 2.06 bits per heavy atom. The van der Waals surface area contributed by atoms with Gasteiger partial charge in [0.1, 0.15) is 0 Å². The van der Waals surface area contributed by atoms with Gasteiger partial charge >= 0.3 is 0 Å². The molecule has 1 aromatic carbocycles. The van der Waals surface area contributed by atoms with Crippen molar-refractivity contribution in [2.45, 2.75) is 44.0 Å². The fourth-order valence-electron chi connectivity index (χ4n) is 2.39. The number of nitrogens with one attached hydrogen (secondary N) is 1. The lowest BCUT2D eigenvalue weighted by atomic mass is 10.1. The van der Waals surface area contributed by atoms with Gasteiger partial charge in [-0.2, -0.15) is 0 Å². The molecule has 0 radical (unpaired) electrons. The number of carbonyl (C=O) groups is 1. The van der Waals surface area contributed by atoms with Crippen LogP contribution in [-0.2, 0) is 4.79 Å². The second-order valence-corrected chi connectivity index (χ2v) is 6.33. The minimum atomic E-state index is 0.166. The van der Waals surface area contributed by atoms with Crippen molar-refractivity contribution in [3.05, 3.63) is 29.8 Å². The first kappa shape index (κ1) is 13.5. The molecule has 1 saturated carbocycles. The van der Waals surface area contributed by atoms with Crippen LogP contribution in [0.3, 0.4) is 0 Å². The minimum absolute atomic E-state index is 0.166. The molecular weight excluding hydrogens is 242 g/mol. The molecule has 2 unspecified atom stereocenters. The molecule has 0 saturated heterocycles. The number of aryl methyl sites for hydroxylation is 1. The highest BCUT2D eigenvalue weighted by Crippen LogP contribution is 2.25. The second-order valence-electron chi connectivity index (χ2n) is 5.28. The molecule has 2 rings (SSSR count). The van der Waals surface area contributed by atoms with Crippen LogP contribution in [0.5, 0.6) is 0 Å². The van der Waals surface area contributed by atoms with Gasteiger partial charge in [-0.25, -0.2) is 0 Å². The van der Waals surface area contributed by atoms with Crippen molar-refractivity contribution in [2.24, 2.45) is 5.92 Å². The maximum Gasteiger partial charge on any atom is 0.230 e. The highest BCUT2D eigenvalue weighted by Gasteiger charge is 2.22. The quantitative estimate of drug-likeness (QED) is 0.844. The Morgan fingerprint density at radius 1 is 1.33 bits per heavy atom. The van der Waals surface area contributed by atoms with Crippen molar-refractivity contribution in [1.82, 2.24) is 5.32 Å². The Bertz CT molecular complexity index is 401. The van der Waals surface area contributed by atoms with Crippen LogP contribution in [0.1, 0.15) is 31.7 Å². The Labute approximate surface area is 114 Å². The third-order valence-corrected chi connectivity index (χ3v) is 4.46. The van der Waals surface area contributed by atoms with Crippen LogP contribution < -0.4 is 5.32 Å². The average Bonchev–Trinajstić information content (AvgIpc) is 2.74. The maximum absolute atomic E-state index is 11.8. The number of hydrogen-bond acceptors (Lipinski definition) is 2. The van der Waals surface area contributed by atoms with Gasteiger partial charge in [0.15, 0.2) is 0 Å². The summed E-state index contributed by atoms with van der Waals surface area (Å²) in [5.41, 5.74) is 1.25. The third kappa shape index (κ3) is 4.05. The highest BCUT2D eigenvalue weighted by atomic mass is 32.2. The molecule has 1 amide bonds. The first-order valence-electron chi connectivity index (χ1n) is 6.62. The van der Waals surface area contributed by atoms with E-state index in [9.17, 15) is 4.79 Å². The molecule has 1 aromatic rings. The molecule has 0 heterocycles. The van der Waals surface area contributed by atoms with Gasteiger partial charge < -0.3 is 5.32 Å². The van der Waals surface area contributed by atoms with Crippen molar-refractivity contribution in [3.8, 4) is 0 Å². The van der Waals surface area contributed by atoms with Crippen molar-refractivity contribution in [3.63, 3.8) is 0 Å². The van der Waals surface area contributed by atoms with Gasteiger partial charge in [-0.05, 0) is 44.2 Å². The Balaban J connectivity index is 1.73. The van der Waals surface area contributed by atoms with Gasteiger partial charge in [0.25, 0.3) is 0 Å². The summed E-state index contributed by atoms with van der Waals surface area (Å²) in [6.07, 6.45) is 3.53. The average molecular weight is 263 g/mol. The molecule has 1 fully saturated rings. The van der Waals surface area contributed by atoms with Crippen LogP contribution in [-0.4, -0.2) is 17.7 Å². The van der Waals surface area contributed by atoms with Gasteiger partial charge in [-0.1, -0.05) is 24.6 Å². The Morgan fingerprint density at radius 3 is 2.67 bits per heavy atom. The van der Waals surface area contributed by atoms with Crippen molar-refractivity contribution in [2.75, 3.05) is 5.75 Å². The van der Waals surface area contributed by atoms with E-state index in [-0.39, 0.29) is 5.91 Å². The first-order chi connectivity index (χ1) is 8.63. The molecule has 3 heteroatoms. The molecular formula is C15H21NOS. The lowest BCUT2D eigenvalue weighted by molar-refractivity contribution is -0.119. The van der Waals surface area contributed by atoms with E-state index in [1.807, 2.05) is 0 Å². The maximum atomic E-state index is 11.8. The van der Waals surface area contributed by atoms with Crippen molar-refractivity contribution >= 4 is 17.7 Å². The number of amides is 1. The fraction of sp³-hybridized carbons (Fsp3) is 0.533. The van der Waals surface area contributed by atoms with Crippen LogP contribution in [0.15, 0.2) is 29.2 Å². The lowest BCUT2D eigenvalue weighted by Gasteiger charge is -2.12. The van der Waals surface area contributed by atoms with Crippen molar-refractivity contribution in [1.29, 1.82) is 0 Å². The van der Waals surface area contributed by atoms with E-state index in [0.29, 0.717) is 11.8 Å². The Hall–Kier alpha value is -0.960. The summed E-state index contributed by atoms with van der Waals surface area (Å²) in [4.78, 5) is 13.0. The van der Waals surface area contributed by atoms with E-state index in [2.05, 4.69) is 43.4 Å². The third-order valence-electron chi connectivity index (χ3n) is 3.45. The number of thioether (sulfide) groups is 1. The molecule has 98 valence electrons. The van der Waals surface area contributed by atoms with Gasteiger partial charge in [-0.3, -0.25) is 4.79 Å². The summed E-state index contributed by atoms with van der Waals surface area (Å²) < 4.78 is 0. The molecule has 2 nitrogen and oxygen atoms in total. The zero-order valence-electron chi connectivity index (χ0n) is 11.1.